The average molecular weight is 334 g/mol. The molecule has 0 aromatic heterocycles. The summed E-state index contributed by atoms with van der Waals surface area (Å²) < 4.78 is 0. The lowest BCUT2D eigenvalue weighted by molar-refractivity contribution is 0.313. The topological polar surface area (TPSA) is 33.5 Å². The van der Waals surface area contributed by atoms with Crippen LogP contribution in [0.4, 0.5) is 11.4 Å². The smallest absolute Gasteiger partial charge is 0.0995 e. The average Bonchev–Trinajstić information content (AvgIpc) is 2.63. The Labute approximate surface area is 150 Å². The molecule has 4 nitrogen and oxygen atoms in total. The van der Waals surface area contributed by atoms with E-state index in [1.807, 2.05) is 6.07 Å². The highest BCUT2D eigenvalue weighted by Gasteiger charge is 2.16. The molecule has 0 aliphatic carbocycles. The summed E-state index contributed by atoms with van der Waals surface area (Å²) in [5, 5.41) is 9.49. The van der Waals surface area contributed by atoms with Gasteiger partial charge in [0.1, 0.15) is 0 Å². The van der Waals surface area contributed by atoms with E-state index in [1.165, 1.54) is 16.9 Å². The van der Waals surface area contributed by atoms with Gasteiger partial charge < -0.3 is 14.7 Å². The van der Waals surface area contributed by atoms with Crippen molar-refractivity contribution < 1.29 is 0 Å². The lowest BCUT2D eigenvalue weighted by Crippen LogP contribution is -2.44. The number of hydrogen-bond acceptors (Lipinski definition) is 4. The highest BCUT2D eigenvalue weighted by atomic mass is 15.2. The van der Waals surface area contributed by atoms with Crippen LogP contribution in [0, 0.1) is 18.3 Å². The molecular formula is C21H26N4. The Bertz CT molecular complexity index is 752. The van der Waals surface area contributed by atoms with E-state index in [-0.39, 0.29) is 0 Å². The monoisotopic (exact) mass is 334 g/mol. The summed E-state index contributed by atoms with van der Waals surface area (Å²) in [7, 11) is 4.24. The Morgan fingerprint density at radius 3 is 2.36 bits per heavy atom. The SMILES string of the molecule is Cc1ccc(N(C)Cc2cc(N3CCN(C)CC3)ccc2C#N)cc1. The number of piperazine rings is 1. The van der Waals surface area contributed by atoms with Crippen LogP contribution in [0.2, 0.25) is 0 Å². The second-order valence-electron chi connectivity index (χ2n) is 6.94. The Morgan fingerprint density at radius 1 is 1.04 bits per heavy atom. The number of hydrogen-bond donors (Lipinski definition) is 0. The largest absolute Gasteiger partial charge is 0.370 e. The van der Waals surface area contributed by atoms with Crippen LogP contribution in [-0.4, -0.2) is 45.2 Å². The summed E-state index contributed by atoms with van der Waals surface area (Å²) in [6.45, 7) is 7.06. The zero-order valence-electron chi connectivity index (χ0n) is 15.4. The third-order valence-electron chi connectivity index (χ3n) is 4.96. The first-order valence-corrected chi connectivity index (χ1v) is 8.81. The number of benzene rings is 2. The maximum Gasteiger partial charge on any atom is 0.0995 e. The molecule has 0 spiro atoms. The third-order valence-corrected chi connectivity index (χ3v) is 4.96. The Morgan fingerprint density at radius 2 is 1.72 bits per heavy atom. The minimum atomic E-state index is 0.730. The summed E-state index contributed by atoms with van der Waals surface area (Å²) in [6.07, 6.45) is 0. The van der Waals surface area contributed by atoms with Crippen molar-refractivity contribution in [3.8, 4) is 6.07 Å². The third kappa shape index (κ3) is 4.12. The molecule has 0 N–H and O–H groups in total. The van der Waals surface area contributed by atoms with E-state index in [2.05, 4.69) is 78.2 Å². The Hall–Kier alpha value is -2.51. The van der Waals surface area contributed by atoms with Crippen molar-refractivity contribution in [2.45, 2.75) is 13.5 Å². The van der Waals surface area contributed by atoms with Gasteiger partial charge in [-0.2, -0.15) is 5.26 Å². The molecule has 1 aliphatic rings. The molecular weight excluding hydrogens is 308 g/mol. The molecule has 0 unspecified atom stereocenters. The van der Waals surface area contributed by atoms with Crippen LogP contribution in [0.5, 0.6) is 0 Å². The molecule has 0 atom stereocenters. The number of nitriles is 1. The quantitative estimate of drug-likeness (QED) is 0.859. The summed E-state index contributed by atoms with van der Waals surface area (Å²) >= 11 is 0. The molecule has 3 rings (SSSR count). The van der Waals surface area contributed by atoms with Gasteiger partial charge in [-0.1, -0.05) is 17.7 Å². The van der Waals surface area contributed by atoms with Crippen LogP contribution in [0.1, 0.15) is 16.7 Å². The molecule has 1 aliphatic heterocycles. The van der Waals surface area contributed by atoms with Gasteiger partial charge in [-0.05, 0) is 49.9 Å². The number of anilines is 2. The fraction of sp³-hybridized carbons (Fsp3) is 0.381. The van der Waals surface area contributed by atoms with Gasteiger partial charge in [-0.15, -0.1) is 0 Å². The first kappa shape index (κ1) is 17.3. The molecule has 4 heteroatoms. The Kier molecular flexibility index (Phi) is 5.25. The molecule has 0 amide bonds. The molecule has 0 radical (unpaired) electrons. The molecule has 1 fully saturated rings. The van der Waals surface area contributed by atoms with Crippen molar-refractivity contribution in [2.24, 2.45) is 0 Å². The lowest BCUT2D eigenvalue weighted by Gasteiger charge is -2.34. The van der Waals surface area contributed by atoms with Crippen LogP contribution < -0.4 is 9.80 Å². The van der Waals surface area contributed by atoms with Crippen molar-refractivity contribution >= 4 is 11.4 Å². The van der Waals surface area contributed by atoms with E-state index in [4.69, 9.17) is 0 Å². The van der Waals surface area contributed by atoms with Gasteiger partial charge in [-0.3, -0.25) is 0 Å². The van der Waals surface area contributed by atoms with Gasteiger partial charge >= 0.3 is 0 Å². The summed E-state index contributed by atoms with van der Waals surface area (Å²) in [5.74, 6) is 0. The molecule has 2 aromatic carbocycles. The number of likely N-dealkylation sites (N-methyl/N-ethyl adjacent to an activating group) is 1. The molecule has 1 heterocycles. The van der Waals surface area contributed by atoms with Crippen LogP contribution in [0.15, 0.2) is 42.5 Å². The van der Waals surface area contributed by atoms with E-state index >= 15 is 0 Å². The minimum absolute atomic E-state index is 0.730. The van der Waals surface area contributed by atoms with Crippen molar-refractivity contribution in [2.75, 3.05) is 50.1 Å². The molecule has 2 aromatic rings. The molecule has 130 valence electrons. The summed E-state index contributed by atoms with van der Waals surface area (Å²) in [5.41, 5.74) is 5.49. The highest BCUT2D eigenvalue weighted by molar-refractivity contribution is 5.56. The highest BCUT2D eigenvalue weighted by Crippen LogP contribution is 2.23. The maximum atomic E-state index is 9.49. The van der Waals surface area contributed by atoms with Crippen LogP contribution in [0.25, 0.3) is 0 Å². The van der Waals surface area contributed by atoms with Crippen molar-refractivity contribution in [3.05, 3.63) is 59.2 Å². The van der Waals surface area contributed by atoms with E-state index in [0.29, 0.717) is 0 Å². The van der Waals surface area contributed by atoms with Crippen molar-refractivity contribution in [1.29, 1.82) is 5.26 Å². The number of nitrogens with zero attached hydrogens (tertiary/aromatic N) is 4. The standard InChI is InChI=1S/C21H26N4/c1-17-4-7-20(8-5-17)24(3)16-19-14-21(9-6-18(19)15-22)25-12-10-23(2)11-13-25/h4-9,14H,10-13,16H2,1-3H3. The predicted octanol–water partition coefficient (Wildman–Crippen LogP) is 3.25. The van der Waals surface area contributed by atoms with E-state index in [1.54, 1.807) is 0 Å². The second kappa shape index (κ2) is 7.58. The first-order chi connectivity index (χ1) is 12.1. The zero-order valence-corrected chi connectivity index (χ0v) is 15.4. The van der Waals surface area contributed by atoms with Gasteiger partial charge in [0.15, 0.2) is 0 Å². The van der Waals surface area contributed by atoms with Gasteiger partial charge in [0.2, 0.25) is 0 Å². The predicted molar refractivity (Wildman–Crippen MR) is 104 cm³/mol. The molecule has 1 saturated heterocycles. The fourth-order valence-electron chi connectivity index (χ4n) is 3.23. The van der Waals surface area contributed by atoms with E-state index in [0.717, 1.165) is 43.9 Å². The first-order valence-electron chi connectivity index (χ1n) is 8.81. The van der Waals surface area contributed by atoms with Crippen molar-refractivity contribution in [3.63, 3.8) is 0 Å². The van der Waals surface area contributed by atoms with Crippen LogP contribution >= 0.6 is 0 Å². The fourth-order valence-corrected chi connectivity index (χ4v) is 3.23. The van der Waals surface area contributed by atoms with Gasteiger partial charge in [0.05, 0.1) is 11.6 Å². The van der Waals surface area contributed by atoms with E-state index < -0.39 is 0 Å². The molecule has 0 bridgehead atoms. The molecule has 0 saturated carbocycles. The van der Waals surface area contributed by atoms with Gasteiger partial charge in [0.25, 0.3) is 0 Å². The summed E-state index contributed by atoms with van der Waals surface area (Å²) in [4.78, 5) is 6.96. The minimum Gasteiger partial charge on any atom is -0.370 e. The number of rotatable bonds is 4. The normalized spacial score (nSPS) is 15.0. The van der Waals surface area contributed by atoms with Crippen LogP contribution in [-0.2, 0) is 6.54 Å². The zero-order chi connectivity index (χ0) is 17.8. The van der Waals surface area contributed by atoms with Gasteiger partial charge in [-0.25, -0.2) is 0 Å². The molecule has 25 heavy (non-hydrogen) atoms. The number of aryl methyl sites for hydroxylation is 1. The van der Waals surface area contributed by atoms with Gasteiger partial charge in [0, 0.05) is 51.1 Å². The Balaban J connectivity index is 1.80. The maximum absolute atomic E-state index is 9.49. The second-order valence-corrected chi connectivity index (χ2v) is 6.94. The lowest BCUT2D eigenvalue weighted by atomic mass is 10.1. The van der Waals surface area contributed by atoms with Crippen molar-refractivity contribution in [1.82, 2.24) is 4.90 Å². The summed E-state index contributed by atoms with van der Waals surface area (Å²) in [6, 6.07) is 17.1. The van der Waals surface area contributed by atoms with E-state index in [9.17, 15) is 5.26 Å². The van der Waals surface area contributed by atoms with Crippen LogP contribution in [0.3, 0.4) is 0 Å².